The second-order valence-corrected chi connectivity index (χ2v) is 7.57. The predicted octanol–water partition coefficient (Wildman–Crippen LogP) is 2.83. The maximum Gasteiger partial charge on any atom is 0.223 e. The van der Waals surface area contributed by atoms with Crippen LogP contribution in [0.2, 0.25) is 0 Å². The quantitative estimate of drug-likeness (QED) is 0.803. The molecule has 0 atom stereocenters. The topological polar surface area (TPSA) is 48.6 Å². The van der Waals surface area contributed by atoms with Crippen LogP contribution in [0.3, 0.4) is 0 Å². The zero-order valence-electron chi connectivity index (χ0n) is 16.0. The molecule has 2 aromatic rings. The number of nitrogens with zero attached hydrogens (tertiary/aromatic N) is 5. The molecule has 27 heavy (non-hydrogen) atoms. The predicted molar refractivity (Wildman–Crippen MR) is 102 cm³/mol. The Bertz CT molecular complexity index is 759. The van der Waals surface area contributed by atoms with Crippen LogP contribution in [0.25, 0.3) is 0 Å². The minimum Gasteiger partial charge on any atom is -0.371 e. The van der Waals surface area contributed by atoms with Gasteiger partial charge in [-0.1, -0.05) is 11.2 Å². The fourth-order valence-corrected chi connectivity index (χ4v) is 4.13. The van der Waals surface area contributed by atoms with E-state index >= 15 is 0 Å². The van der Waals surface area contributed by atoms with Crippen LogP contribution >= 0.6 is 0 Å². The highest BCUT2D eigenvalue weighted by Gasteiger charge is 2.22. The van der Waals surface area contributed by atoms with E-state index in [4.69, 9.17) is 4.52 Å². The molecule has 2 aliphatic heterocycles. The van der Waals surface area contributed by atoms with E-state index in [1.54, 1.807) is 6.07 Å². The molecule has 2 aliphatic rings. The van der Waals surface area contributed by atoms with Gasteiger partial charge in [0.05, 0.1) is 6.54 Å². The first-order valence-electron chi connectivity index (χ1n) is 9.95. The van der Waals surface area contributed by atoms with Gasteiger partial charge in [-0.2, -0.15) is 4.98 Å². The molecule has 0 bridgehead atoms. The smallest absolute Gasteiger partial charge is 0.223 e. The molecular formula is C20H28FN5O. The fourth-order valence-electron chi connectivity index (χ4n) is 4.13. The van der Waals surface area contributed by atoms with Crippen LogP contribution in [-0.4, -0.2) is 59.2 Å². The lowest BCUT2D eigenvalue weighted by Crippen LogP contribution is -2.31. The summed E-state index contributed by atoms with van der Waals surface area (Å²) in [7, 11) is 0. The maximum absolute atomic E-state index is 14.6. The van der Waals surface area contributed by atoms with E-state index < -0.39 is 0 Å². The minimum absolute atomic E-state index is 0.0808. The molecule has 2 saturated heterocycles. The van der Waals surface area contributed by atoms with Crippen LogP contribution in [0.4, 0.5) is 10.1 Å². The van der Waals surface area contributed by atoms with Crippen molar-refractivity contribution in [3.8, 4) is 0 Å². The van der Waals surface area contributed by atoms with Crippen LogP contribution in [0.1, 0.15) is 36.5 Å². The van der Waals surface area contributed by atoms with Crippen molar-refractivity contribution < 1.29 is 8.91 Å². The van der Waals surface area contributed by atoms with Crippen LogP contribution < -0.4 is 4.90 Å². The molecule has 0 radical (unpaired) electrons. The van der Waals surface area contributed by atoms with E-state index in [9.17, 15) is 4.39 Å². The molecule has 146 valence electrons. The number of aromatic nitrogens is 2. The standard InChI is InChI=1S/C20H28FN5O/c1-16-22-20(23-27-16)15-25-9-5-8-24(12-13-25)14-17-18(21)6-4-7-19(17)26-10-2-3-11-26/h4,6-7H,2-3,5,8-15H2,1H3. The molecule has 0 amide bonds. The first kappa shape index (κ1) is 18.4. The summed E-state index contributed by atoms with van der Waals surface area (Å²) in [5, 5.41) is 4.00. The number of hydrogen-bond donors (Lipinski definition) is 0. The Balaban J connectivity index is 1.40. The summed E-state index contributed by atoms with van der Waals surface area (Å²) in [5.41, 5.74) is 1.93. The normalized spacial score (nSPS) is 19.6. The fraction of sp³-hybridized carbons (Fsp3) is 0.600. The van der Waals surface area contributed by atoms with Gasteiger partial charge in [-0.25, -0.2) is 4.39 Å². The molecule has 4 rings (SSSR count). The van der Waals surface area contributed by atoms with E-state index in [0.29, 0.717) is 19.0 Å². The van der Waals surface area contributed by atoms with Gasteiger partial charge in [0.25, 0.3) is 0 Å². The molecule has 1 aromatic carbocycles. The summed E-state index contributed by atoms with van der Waals surface area (Å²) < 4.78 is 19.7. The van der Waals surface area contributed by atoms with Crippen molar-refractivity contribution in [2.24, 2.45) is 0 Å². The first-order valence-corrected chi connectivity index (χ1v) is 9.95. The van der Waals surface area contributed by atoms with Crippen molar-refractivity contribution in [2.45, 2.75) is 39.3 Å². The molecule has 2 fully saturated rings. The van der Waals surface area contributed by atoms with E-state index in [-0.39, 0.29) is 5.82 Å². The lowest BCUT2D eigenvalue weighted by atomic mass is 10.1. The van der Waals surface area contributed by atoms with E-state index in [2.05, 4.69) is 30.9 Å². The van der Waals surface area contributed by atoms with Crippen molar-refractivity contribution in [3.63, 3.8) is 0 Å². The molecule has 0 N–H and O–H groups in total. The second kappa shape index (κ2) is 8.35. The van der Waals surface area contributed by atoms with E-state index in [1.165, 1.54) is 12.8 Å². The lowest BCUT2D eigenvalue weighted by molar-refractivity contribution is 0.239. The molecule has 0 unspecified atom stereocenters. The third-order valence-electron chi connectivity index (χ3n) is 5.54. The summed E-state index contributed by atoms with van der Waals surface area (Å²) in [6, 6.07) is 5.51. The highest BCUT2D eigenvalue weighted by atomic mass is 19.1. The van der Waals surface area contributed by atoms with Crippen LogP contribution in [0, 0.1) is 12.7 Å². The molecule has 0 saturated carbocycles. The van der Waals surface area contributed by atoms with Gasteiger partial charge in [0, 0.05) is 50.9 Å². The first-order chi connectivity index (χ1) is 13.2. The Labute approximate surface area is 159 Å². The van der Waals surface area contributed by atoms with Gasteiger partial charge >= 0.3 is 0 Å². The van der Waals surface area contributed by atoms with Crippen LogP contribution in [0.5, 0.6) is 0 Å². The summed E-state index contributed by atoms with van der Waals surface area (Å²) >= 11 is 0. The average molecular weight is 373 g/mol. The van der Waals surface area contributed by atoms with Gasteiger partial charge in [-0.3, -0.25) is 9.80 Å². The molecular weight excluding hydrogens is 345 g/mol. The zero-order chi connectivity index (χ0) is 18.6. The number of halogens is 1. The van der Waals surface area contributed by atoms with Crippen molar-refractivity contribution >= 4 is 5.69 Å². The third-order valence-corrected chi connectivity index (χ3v) is 5.54. The summed E-state index contributed by atoms with van der Waals surface area (Å²) in [6.07, 6.45) is 3.46. The monoisotopic (exact) mass is 373 g/mol. The van der Waals surface area contributed by atoms with Gasteiger partial charge in [0.1, 0.15) is 5.82 Å². The van der Waals surface area contributed by atoms with Gasteiger partial charge in [-0.05, 0) is 44.5 Å². The third kappa shape index (κ3) is 4.47. The molecule has 3 heterocycles. The summed E-state index contributed by atoms with van der Waals surface area (Å²) in [6.45, 7) is 9.11. The Morgan fingerprint density at radius 3 is 2.41 bits per heavy atom. The second-order valence-electron chi connectivity index (χ2n) is 7.57. The largest absolute Gasteiger partial charge is 0.371 e. The maximum atomic E-state index is 14.6. The molecule has 0 spiro atoms. The summed E-state index contributed by atoms with van der Waals surface area (Å²) in [5.74, 6) is 1.27. The molecule has 1 aromatic heterocycles. The van der Waals surface area contributed by atoms with Crippen molar-refractivity contribution in [1.82, 2.24) is 19.9 Å². The van der Waals surface area contributed by atoms with Crippen molar-refractivity contribution in [1.29, 1.82) is 0 Å². The number of aryl methyl sites for hydroxylation is 1. The number of rotatable bonds is 5. The number of anilines is 1. The Hall–Kier alpha value is -1.99. The minimum atomic E-state index is -0.0808. The average Bonchev–Trinajstić information content (AvgIpc) is 3.27. The van der Waals surface area contributed by atoms with Crippen LogP contribution in [0.15, 0.2) is 22.7 Å². The van der Waals surface area contributed by atoms with Crippen molar-refractivity contribution in [2.75, 3.05) is 44.2 Å². The van der Waals surface area contributed by atoms with Gasteiger partial charge in [0.15, 0.2) is 5.82 Å². The highest BCUT2D eigenvalue weighted by Crippen LogP contribution is 2.28. The van der Waals surface area contributed by atoms with Crippen LogP contribution in [-0.2, 0) is 13.1 Å². The molecule has 0 aliphatic carbocycles. The zero-order valence-corrected chi connectivity index (χ0v) is 16.0. The Kier molecular flexibility index (Phi) is 5.69. The SMILES string of the molecule is Cc1nc(CN2CCCN(Cc3c(F)cccc3N3CCCC3)CC2)no1. The Morgan fingerprint density at radius 1 is 0.963 bits per heavy atom. The Morgan fingerprint density at radius 2 is 1.70 bits per heavy atom. The molecule has 7 heteroatoms. The molecule has 6 nitrogen and oxygen atoms in total. The lowest BCUT2D eigenvalue weighted by Gasteiger charge is -2.26. The van der Waals surface area contributed by atoms with Gasteiger partial charge < -0.3 is 9.42 Å². The number of hydrogen-bond acceptors (Lipinski definition) is 6. The van der Waals surface area contributed by atoms with Gasteiger partial charge in [-0.15, -0.1) is 0 Å². The van der Waals surface area contributed by atoms with Crippen molar-refractivity contribution in [3.05, 3.63) is 41.3 Å². The summed E-state index contributed by atoms with van der Waals surface area (Å²) in [4.78, 5) is 11.4. The highest BCUT2D eigenvalue weighted by molar-refractivity contribution is 5.54. The van der Waals surface area contributed by atoms with E-state index in [0.717, 1.165) is 62.8 Å². The number of benzene rings is 1. The van der Waals surface area contributed by atoms with Gasteiger partial charge in [0.2, 0.25) is 5.89 Å². The van der Waals surface area contributed by atoms with E-state index in [1.807, 2.05) is 13.0 Å².